The molecule has 1 fully saturated rings. The highest BCUT2D eigenvalue weighted by atomic mass is 35.5. The molecule has 6 nitrogen and oxygen atoms in total. The van der Waals surface area contributed by atoms with Gasteiger partial charge in [-0.25, -0.2) is 0 Å². The zero-order chi connectivity index (χ0) is 13.4. The Hall–Kier alpha value is -1.95. The van der Waals surface area contributed by atoms with E-state index < -0.39 is 5.91 Å². The van der Waals surface area contributed by atoms with Gasteiger partial charge in [0.05, 0.1) is 10.6 Å². The third-order valence-corrected chi connectivity index (χ3v) is 3.14. The third kappa shape index (κ3) is 2.58. The molecule has 2 aromatic rings. The Morgan fingerprint density at radius 3 is 2.95 bits per heavy atom. The largest absolute Gasteiger partial charge is 0.408 e. The molecule has 1 amide bonds. The normalized spacial score (nSPS) is 14.4. The highest BCUT2D eigenvalue weighted by molar-refractivity contribution is 6.34. The van der Waals surface area contributed by atoms with Gasteiger partial charge in [-0.05, 0) is 25.8 Å². The van der Waals surface area contributed by atoms with Gasteiger partial charge in [-0.15, -0.1) is 5.10 Å². The Balaban J connectivity index is 1.76. The van der Waals surface area contributed by atoms with Crippen LogP contribution in [0.4, 0.5) is 6.01 Å². The molecule has 0 bridgehead atoms. The summed E-state index contributed by atoms with van der Waals surface area (Å²) >= 11 is 5.99. The first-order valence-electron chi connectivity index (χ1n) is 5.90. The molecule has 7 heteroatoms. The van der Waals surface area contributed by atoms with E-state index in [4.69, 9.17) is 16.0 Å². The minimum absolute atomic E-state index is 0.0866. The number of hydrogen-bond acceptors (Lipinski definition) is 5. The second-order valence-corrected chi connectivity index (χ2v) is 4.89. The lowest BCUT2D eigenvalue weighted by atomic mass is 10.2. The number of aryl methyl sites for hydroxylation is 1. The van der Waals surface area contributed by atoms with Crippen molar-refractivity contribution >= 4 is 23.5 Å². The number of pyridine rings is 1. The van der Waals surface area contributed by atoms with Crippen molar-refractivity contribution in [3.05, 3.63) is 34.4 Å². The molecule has 0 radical (unpaired) electrons. The maximum atomic E-state index is 12.0. The first-order chi connectivity index (χ1) is 9.13. The van der Waals surface area contributed by atoms with Crippen LogP contribution in [0.1, 0.15) is 40.7 Å². The van der Waals surface area contributed by atoms with E-state index in [1.807, 2.05) is 0 Å². The maximum Gasteiger partial charge on any atom is 0.322 e. The van der Waals surface area contributed by atoms with Crippen molar-refractivity contribution in [2.75, 3.05) is 5.32 Å². The average Bonchev–Trinajstić information content (AvgIpc) is 3.10. The second-order valence-electron chi connectivity index (χ2n) is 4.48. The Bertz CT molecular complexity index is 636. The molecular formula is C12H11ClN4O2. The van der Waals surface area contributed by atoms with Gasteiger partial charge in [-0.3, -0.25) is 15.1 Å². The van der Waals surface area contributed by atoms with Crippen LogP contribution in [-0.4, -0.2) is 21.1 Å². The van der Waals surface area contributed by atoms with E-state index in [1.54, 1.807) is 13.0 Å². The number of carbonyl (C=O) groups excluding carboxylic acids is 1. The van der Waals surface area contributed by atoms with E-state index in [-0.39, 0.29) is 11.6 Å². The molecule has 0 aromatic carbocycles. The monoisotopic (exact) mass is 278 g/mol. The predicted molar refractivity (Wildman–Crippen MR) is 68.2 cm³/mol. The number of carbonyl (C=O) groups is 1. The number of hydrogen-bond donors (Lipinski definition) is 1. The third-order valence-electron chi connectivity index (χ3n) is 2.82. The molecule has 98 valence electrons. The Morgan fingerprint density at radius 1 is 1.47 bits per heavy atom. The first-order valence-corrected chi connectivity index (χ1v) is 6.28. The van der Waals surface area contributed by atoms with Crippen LogP contribution in [0.3, 0.4) is 0 Å². The molecule has 0 spiro atoms. The summed E-state index contributed by atoms with van der Waals surface area (Å²) in [5, 5.41) is 10.5. The van der Waals surface area contributed by atoms with Crippen LogP contribution in [0, 0.1) is 6.92 Å². The SMILES string of the molecule is Cc1cc(Cl)c(C(=O)Nc2nnc(C3CC3)o2)cn1. The van der Waals surface area contributed by atoms with Crippen LogP contribution >= 0.6 is 11.6 Å². The number of aromatic nitrogens is 3. The molecular weight excluding hydrogens is 268 g/mol. The lowest BCUT2D eigenvalue weighted by Gasteiger charge is -2.03. The van der Waals surface area contributed by atoms with Crippen molar-refractivity contribution in [2.24, 2.45) is 0 Å². The number of rotatable bonds is 3. The molecule has 0 unspecified atom stereocenters. The Labute approximate surface area is 114 Å². The molecule has 0 aliphatic heterocycles. The van der Waals surface area contributed by atoms with Crippen LogP contribution in [-0.2, 0) is 0 Å². The lowest BCUT2D eigenvalue weighted by molar-refractivity contribution is 0.102. The van der Waals surface area contributed by atoms with E-state index in [1.165, 1.54) is 6.20 Å². The minimum atomic E-state index is -0.413. The molecule has 1 aliphatic rings. The zero-order valence-corrected chi connectivity index (χ0v) is 10.9. The highest BCUT2D eigenvalue weighted by Crippen LogP contribution is 2.39. The van der Waals surface area contributed by atoms with E-state index in [9.17, 15) is 4.79 Å². The summed E-state index contributed by atoms with van der Waals surface area (Å²) in [6.45, 7) is 1.80. The van der Waals surface area contributed by atoms with Crippen molar-refractivity contribution < 1.29 is 9.21 Å². The average molecular weight is 279 g/mol. The van der Waals surface area contributed by atoms with Gasteiger partial charge in [-0.2, -0.15) is 0 Å². The summed E-state index contributed by atoms with van der Waals surface area (Å²) in [6, 6.07) is 1.71. The van der Waals surface area contributed by atoms with Crippen LogP contribution in [0.25, 0.3) is 0 Å². The van der Waals surface area contributed by atoms with Crippen LogP contribution < -0.4 is 5.32 Å². The molecule has 19 heavy (non-hydrogen) atoms. The van der Waals surface area contributed by atoms with E-state index >= 15 is 0 Å². The molecule has 3 rings (SSSR count). The summed E-state index contributed by atoms with van der Waals surface area (Å²) in [4.78, 5) is 16.0. The van der Waals surface area contributed by atoms with Gasteiger partial charge in [0.1, 0.15) is 0 Å². The van der Waals surface area contributed by atoms with Gasteiger partial charge in [0.2, 0.25) is 5.89 Å². The van der Waals surface area contributed by atoms with Crippen molar-refractivity contribution in [2.45, 2.75) is 25.7 Å². The van der Waals surface area contributed by atoms with E-state index in [0.29, 0.717) is 16.8 Å². The van der Waals surface area contributed by atoms with E-state index in [2.05, 4.69) is 20.5 Å². The quantitative estimate of drug-likeness (QED) is 0.933. The fourth-order valence-electron chi connectivity index (χ4n) is 1.64. The first kappa shape index (κ1) is 12.1. The molecule has 2 aromatic heterocycles. The number of nitrogens with zero attached hydrogens (tertiary/aromatic N) is 3. The van der Waals surface area contributed by atoms with Gasteiger partial charge in [-0.1, -0.05) is 16.7 Å². The highest BCUT2D eigenvalue weighted by Gasteiger charge is 2.29. The summed E-state index contributed by atoms with van der Waals surface area (Å²) < 4.78 is 5.35. The van der Waals surface area contributed by atoms with Crippen molar-refractivity contribution in [3.8, 4) is 0 Å². The number of nitrogens with one attached hydrogen (secondary N) is 1. The van der Waals surface area contributed by atoms with Crippen molar-refractivity contribution in [1.29, 1.82) is 0 Å². The molecule has 2 heterocycles. The summed E-state index contributed by atoms with van der Waals surface area (Å²) in [5.74, 6) is 0.509. The number of amides is 1. The zero-order valence-electron chi connectivity index (χ0n) is 10.2. The lowest BCUT2D eigenvalue weighted by Crippen LogP contribution is -2.13. The fourth-order valence-corrected chi connectivity index (χ4v) is 1.93. The summed E-state index contributed by atoms with van der Waals surface area (Å²) in [5.41, 5.74) is 1.02. The van der Waals surface area contributed by atoms with Gasteiger partial charge in [0.15, 0.2) is 0 Å². The summed E-state index contributed by atoms with van der Waals surface area (Å²) in [7, 11) is 0. The molecule has 1 aliphatic carbocycles. The van der Waals surface area contributed by atoms with Crippen LogP contribution in [0.5, 0.6) is 0 Å². The number of anilines is 1. The molecule has 0 atom stereocenters. The smallest absolute Gasteiger partial charge is 0.322 e. The molecule has 1 N–H and O–H groups in total. The fraction of sp³-hybridized carbons (Fsp3) is 0.333. The van der Waals surface area contributed by atoms with Crippen LogP contribution in [0.15, 0.2) is 16.7 Å². The van der Waals surface area contributed by atoms with Gasteiger partial charge < -0.3 is 4.42 Å². The van der Waals surface area contributed by atoms with Crippen molar-refractivity contribution in [3.63, 3.8) is 0 Å². The van der Waals surface area contributed by atoms with Gasteiger partial charge in [0, 0.05) is 17.8 Å². The summed E-state index contributed by atoms with van der Waals surface area (Å²) in [6.07, 6.45) is 3.54. The predicted octanol–water partition coefficient (Wildman–Crippen LogP) is 2.56. The maximum absolute atomic E-state index is 12.0. The second kappa shape index (κ2) is 4.62. The molecule has 0 saturated heterocycles. The van der Waals surface area contributed by atoms with Gasteiger partial charge >= 0.3 is 6.01 Å². The Morgan fingerprint density at radius 2 is 2.26 bits per heavy atom. The van der Waals surface area contributed by atoms with Gasteiger partial charge in [0.25, 0.3) is 5.91 Å². The standard InChI is InChI=1S/C12H11ClN4O2/c1-6-4-9(13)8(5-14-6)10(18)15-12-17-16-11(19-12)7-2-3-7/h4-5,7H,2-3H2,1H3,(H,15,17,18). The van der Waals surface area contributed by atoms with Crippen molar-refractivity contribution in [1.82, 2.24) is 15.2 Å². The topological polar surface area (TPSA) is 80.9 Å². The Kier molecular flexibility index (Phi) is 2.94. The number of halogens is 1. The molecule has 1 saturated carbocycles. The van der Waals surface area contributed by atoms with E-state index in [0.717, 1.165) is 18.5 Å². The minimum Gasteiger partial charge on any atom is -0.408 e. The van der Waals surface area contributed by atoms with Crippen LogP contribution in [0.2, 0.25) is 5.02 Å².